The van der Waals surface area contributed by atoms with Crippen molar-refractivity contribution >= 4 is 27.5 Å². The van der Waals surface area contributed by atoms with E-state index in [4.69, 9.17) is 11.6 Å². The van der Waals surface area contributed by atoms with Crippen molar-refractivity contribution in [2.75, 3.05) is 20.1 Å². The van der Waals surface area contributed by atoms with Crippen molar-refractivity contribution in [3.05, 3.63) is 33.0 Å². The van der Waals surface area contributed by atoms with Crippen molar-refractivity contribution in [3.63, 3.8) is 0 Å². The van der Waals surface area contributed by atoms with Gasteiger partial charge < -0.3 is 5.32 Å². The monoisotopic (exact) mass is 376 g/mol. The van der Waals surface area contributed by atoms with E-state index >= 15 is 0 Å². The summed E-state index contributed by atoms with van der Waals surface area (Å²) in [5.41, 5.74) is 0.519. The number of likely N-dealkylation sites (N-methyl/N-ethyl adjacent to an activating group) is 1. The van der Waals surface area contributed by atoms with Gasteiger partial charge in [0.2, 0.25) is 0 Å². The molecule has 1 saturated heterocycles. The van der Waals surface area contributed by atoms with E-state index < -0.39 is 0 Å². The van der Waals surface area contributed by atoms with Gasteiger partial charge in [0.15, 0.2) is 0 Å². The summed E-state index contributed by atoms with van der Waals surface area (Å²) in [6, 6.07) is 3.56. The molecule has 21 heavy (non-hydrogen) atoms. The van der Waals surface area contributed by atoms with Gasteiger partial charge in [0.05, 0.1) is 11.1 Å². The molecule has 0 amide bonds. The Morgan fingerprint density at radius 3 is 2.57 bits per heavy atom. The third-order valence-corrected chi connectivity index (χ3v) is 6.09. The quantitative estimate of drug-likeness (QED) is 0.744. The molecule has 0 spiro atoms. The van der Waals surface area contributed by atoms with Crippen LogP contribution in [0.15, 0.2) is 16.6 Å². The van der Waals surface area contributed by atoms with E-state index in [1.807, 2.05) is 19.2 Å². The molecule has 0 radical (unpaired) electrons. The van der Waals surface area contributed by atoms with E-state index in [2.05, 4.69) is 40.0 Å². The first kappa shape index (κ1) is 17.2. The number of halogens is 3. The Labute approximate surface area is 140 Å². The molecule has 2 rings (SSSR count). The molecule has 0 saturated carbocycles. The second kappa shape index (κ2) is 6.95. The van der Waals surface area contributed by atoms with Crippen molar-refractivity contribution in [2.45, 2.75) is 44.7 Å². The maximum absolute atomic E-state index is 14.6. The summed E-state index contributed by atoms with van der Waals surface area (Å²) in [6.45, 7) is 6.54. The van der Waals surface area contributed by atoms with Gasteiger partial charge in [-0.15, -0.1) is 0 Å². The van der Waals surface area contributed by atoms with E-state index in [9.17, 15) is 4.39 Å². The van der Waals surface area contributed by atoms with Crippen molar-refractivity contribution in [3.8, 4) is 0 Å². The zero-order chi connectivity index (χ0) is 15.6. The van der Waals surface area contributed by atoms with Crippen molar-refractivity contribution in [1.82, 2.24) is 10.2 Å². The second-order valence-electron chi connectivity index (χ2n) is 5.89. The molecule has 1 N–H and O–H groups in total. The van der Waals surface area contributed by atoms with Crippen LogP contribution in [0.5, 0.6) is 0 Å². The summed E-state index contributed by atoms with van der Waals surface area (Å²) >= 11 is 9.36. The molecule has 0 aromatic heterocycles. The molecule has 1 heterocycles. The largest absolute Gasteiger partial charge is 0.311 e. The number of likely N-dealkylation sites (tertiary alicyclic amines) is 1. The molecule has 1 aliphatic rings. The summed E-state index contributed by atoms with van der Waals surface area (Å²) in [5, 5.41) is 3.48. The molecule has 118 valence electrons. The molecular formula is C16H23BrClFN2. The summed E-state index contributed by atoms with van der Waals surface area (Å²) in [4.78, 5) is 2.48. The predicted octanol–water partition coefficient (Wildman–Crippen LogP) is 4.77. The highest BCUT2D eigenvalue weighted by molar-refractivity contribution is 9.10. The number of nitrogens with one attached hydrogen (secondary N) is 1. The zero-order valence-corrected chi connectivity index (χ0v) is 15.2. The number of hydrogen-bond acceptors (Lipinski definition) is 2. The molecule has 0 aliphatic carbocycles. The highest BCUT2D eigenvalue weighted by atomic mass is 79.9. The van der Waals surface area contributed by atoms with Crippen LogP contribution in [0.4, 0.5) is 4.39 Å². The zero-order valence-electron chi connectivity index (χ0n) is 12.8. The van der Waals surface area contributed by atoms with Crippen molar-refractivity contribution in [2.24, 2.45) is 0 Å². The number of nitrogens with zero attached hydrogens (tertiary/aromatic N) is 1. The first-order valence-corrected chi connectivity index (χ1v) is 8.68. The van der Waals surface area contributed by atoms with Gasteiger partial charge in [-0.25, -0.2) is 4.39 Å². The SMILES string of the molecule is CCC(C)(C(NC)c1ccc(Br)c(Cl)c1F)N1CCCC1. The van der Waals surface area contributed by atoms with Gasteiger partial charge in [-0.05, 0) is 68.3 Å². The first-order valence-electron chi connectivity index (χ1n) is 7.51. The molecule has 2 unspecified atom stereocenters. The Morgan fingerprint density at radius 2 is 2.05 bits per heavy atom. The molecule has 1 fully saturated rings. The van der Waals surface area contributed by atoms with E-state index in [1.165, 1.54) is 12.8 Å². The third kappa shape index (κ3) is 3.14. The maximum atomic E-state index is 14.6. The molecule has 2 nitrogen and oxygen atoms in total. The van der Waals surface area contributed by atoms with Gasteiger partial charge in [0.25, 0.3) is 0 Å². The van der Waals surface area contributed by atoms with Crippen LogP contribution < -0.4 is 5.32 Å². The predicted molar refractivity (Wildman–Crippen MR) is 90.4 cm³/mol. The lowest BCUT2D eigenvalue weighted by Gasteiger charge is -2.44. The Bertz CT molecular complexity index is 505. The van der Waals surface area contributed by atoms with Gasteiger partial charge in [0, 0.05) is 15.6 Å². The normalized spacial score (nSPS) is 20.5. The van der Waals surface area contributed by atoms with Crippen LogP contribution in [0.2, 0.25) is 5.02 Å². The fourth-order valence-corrected chi connectivity index (χ4v) is 3.88. The Balaban J connectivity index is 2.44. The molecule has 1 aliphatic heterocycles. The number of benzene rings is 1. The fourth-order valence-electron chi connectivity index (χ4n) is 3.40. The lowest BCUT2D eigenvalue weighted by molar-refractivity contribution is 0.0858. The average Bonchev–Trinajstić information content (AvgIpc) is 3.02. The summed E-state index contributed by atoms with van der Waals surface area (Å²) in [7, 11) is 1.89. The van der Waals surface area contributed by atoms with Crippen LogP contribution in [0.1, 0.15) is 44.7 Å². The van der Waals surface area contributed by atoms with E-state index in [0.29, 0.717) is 10.0 Å². The lowest BCUT2D eigenvalue weighted by Crippen LogP contribution is -2.52. The van der Waals surface area contributed by atoms with Crippen LogP contribution in [0, 0.1) is 5.82 Å². The number of rotatable bonds is 5. The summed E-state index contributed by atoms with van der Waals surface area (Å²) in [6.07, 6.45) is 3.39. The lowest BCUT2D eigenvalue weighted by atomic mass is 9.83. The first-order chi connectivity index (χ1) is 9.95. The highest BCUT2D eigenvalue weighted by Gasteiger charge is 2.40. The standard InChI is InChI=1S/C16H23BrClFN2/c1-4-16(2,21-9-5-6-10-21)15(20-3)11-7-8-12(17)13(18)14(11)19/h7-8,15,20H,4-6,9-10H2,1-3H3. The molecule has 1 aromatic carbocycles. The highest BCUT2D eigenvalue weighted by Crippen LogP contribution is 2.39. The Hall–Kier alpha value is -0.160. The Morgan fingerprint density at radius 1 is 1.43 bits per heavy atom. The second-order valence-corrected chi connectivity index (χ2v) is 7.12. The van der Waals surface area contributed by atoms with Crippen LogP contribution in [-0.2, 0) is 0 Å². The molecule has 1 aromatic rings. The van der Waals surface area contributed by atoms with Gasteiger partial charge in [-0.3, -0.25) is 4.90 Å². The van der Waals surface area contributed by atoms with Gasteiger partial charge in [-0.1, -0.05) is 24.6 Å². The van der Waals surface area contributed by atoms with Gasteiger partial charge >= 0.3 is 0 Å². The number of hydrogen-bond donors (Lipinski definition) is 1. The maximum Gasteiger partial charge on any atom is 0.147 e. The van der Waals surface area contributed by atoms with E-state index in [1.54, 1.807) is 0 Å². The fraction of sp³-hybridized carbons (Fsp3) is 0.625. The van der Waals surface area contributed by atoms with Gasteiger partial charge in [0.1, 0.15) is 5.82 Å². The molecule has 2 atom stereocenters. The van der Waals surface area contributed by atoms with Gasteiger partial charge in [-0.2, -0.15) is 0 Å². The van der Waals surface area contributed by atoms with Crippen LogP contribution in [0.3, 0.4) is 0 Å². The molecule has 5 heteroatoms. The minimum absolute atomic E-state index is 0.0915. The van der Waals surface area contributed by atoms with Crippen molar-refractivity contribution < 1.29 is 4.39 Å². The summed E-state index contributed by atoms with van der Waals surface area (Å²) < 4.78 is 15.2. The third-order valence-electron chi connectivity index (χ3n) is 4.83. The van der Waals surface area contributed by atoms with Crippen LogP contribution >= 0.6 is 27.5 Å². The molecule has 0 bridgehead atoms. The van der Waals surface area contributed by atoms with Crippen LogP contribution in [-0.4, -0.2) is 30.6 Å². The Kier molecular flexibility index (Phi) is 5.69. The summed E-state index contributed by atoms with van der Waals surface area (Å²) in [5.74, 6) is -0.329. The van der Waals surface area contributed by atoms with Crippen molar-refractivity contribution in [1.29, 1.82) is 0 Å². The minimum Gasteiger partial charge on any atom is -0.311 e. The van der Waals surface area contributed by atoms with Crippen LogP contribution in [0.25, 0.3) is 0 Å². The minimum atomic E-state index is -0.329. The van der Waals surface area contributed by atoms with E-state index in [-0.39, 0.29) is 22.4 Å². The topological polar surface area (TPSA) is 15.3 Å². The smallest absolute Gasteiger partial charge is 0.147 e. The average molecular weight is 378 g/mol. The van der Waals surface area contributed by atoms with E-state index in [0.717, 1.165) is 19.5 Å². The molecular weight excluding hydrogens is 355 g/mol.